The lowest BCUT2D eigenvalue weighted by molar-refractivity contribution is -0.135. The fourth-order valence-electron chi connectivity index (χ4n) is 2.10. The van der Waals surface area contributed by atoms with Crippen LogP contribution in [-0.4, -0.2) is 18.6 Å². The number of amides is 1. The number of ether oxygens (including phenoxy) is 1. The number of hydrogen-bond acceptors (Lipinski definition) is 3. The van der Waals surface area contributed by atoms with Crippen molar-refractivity contribution in [3.05, 3.63) is 24.3 Å². The Morgan fingerprint density at radius 1 is 1.41 bits per heavy atom. The van der Waals surface area contributed by atoms with Crippen LogP contribution < -0.4 is 10.1 Å². The summed E-state index contributed by atoms with van der Waals surface area (Å²) in [4.78, 5) is 12.0. The van der Waals surface area contributed by atoms with Crippen LogP contribution in [0.1, 0.15) is 19.8 Å². The van der Waals surface area contributed by atoms with Crippen LogP contribution in [-0.2, 0) is 4.79 Å². The van der Waals surface area contributed by atoms with Gasteiger partial charge < -0.3 is 10.1 Å². The molecular weight excluding hydrogens is 234 g/mol. The smallest absolute Gasteiger partial charge is 0.225 e. The normalized spacial score (nSPS) is 22.8. The second-order valence-corrected chi connectivity index (χ2v) is 4.72. The quantitative estimate of drug-likeness (QED) is 0.622. The van der Waals surface area contributed by atoms with Crippen LogP contribution >= 0.6 is 12.6 Å². The summed E-state index contributed by atoms with van der Waals surface area (Å²) >= 11 is 4.32. The van der Waals surface area contributed by atoms with Gasteiger partial charge in [-0.25, -0.2) is 0 Å². The number of carbonyl (C=O) groups is 1. The summed E-state index contributed by atoms with van der Waals surface area (Å²) in [6.45, 7) is 2.65. The van der Waals surface area contributed by atoms with E-state index in [1.807, 2.05) is 31.2 Å². The number of para-hydroxylation sites is 1. The molecule has 1 saturated heterocycles. The van der Waals surface area contributed by atoms with E-state index in [4.69, 9.17) is 4.74 Å². The summed E-state index contributed by atoms with van der Waals surface area (Å²) in [6.07, 6.45) is 1.76. The SMILES string of the molecule is CC[C@H]1C(=O)N[C@H]1CCOc1ccccc1S. The molecule has 2 rings (SSSR count). The summed E-state index contributed by atoms with van der Waals surface area (Å²) in [5.41, 5.74) is 0. The Labute approximate surface area is 107 Å². The molecule has 3 nitrogen and oxygen atoms in total. The Morgan fingerprint density at radius 3 is 2.82 bits per heavy atom. The average Bonchev–Trinajstić information content (AvgIpc) is 2.30. The summed E-state index contributed by atoms with van der Waals surface area (Å²) in [5, 5.41) is 2.91. The number of β-lactam (4-membered cyclic amide) rings is 1. The van der Waals surface area contributed by atoms with Crippen molar-refractivity contribution in [1.82, 2.24) is 5.32 Å². The molecular formula is C13H17NO2S. The first-order chi connectivity index (χ1) is 8.22. The standard InChI is InChI=1S/C13H17NO2S/c1-2-9-10(14-13(9)15)7-8-16-11-5-3-4-6-12(11)17/h3-6,9-10,17H,2,7-8H2,1H3,(H,14,15)/t9-,10+/m1/s1. The first-order valence-electron chi connectivity index (χ1n) is 5.93. The van der Waals surface area contributed by atoms with Gasteiger partial charge in [-0.3, -0.25) is 4.79 Å². The minimum absolute atomic E-state index is 0.171. The monoisotopic (exact) mass is 251 g/mol. The number of nitrogens with one attached hydrogen (secondary N) is 1. The van der Waals surface area contributed by atoms with Crippen molar-refractivity contribution in [2.24, 2.45) is 5.92 Å². The Hall–Kier alpha value is -1.16. The molecule has 1 aromatic carbocycles. The number of thiol groups is 1. The van der Waals surface area contributed by atoms with Crippen LogP contribution in [0, 0.1) is 5.92 Å². The number of carbonyl (C=O) groups excluding carboxylic acids is 1. The van der Waals surface area contributed by atoms with E-state index >= 15 is 0 Å². The third kappa shape index (κ3) is 2.75. The summed E-state index contributed by atoms with van der Waals surface area (Å²) in [6, 6.07) is 7.93. The fraction of sp³-hybridized carbons (Fsp3) is 0.462. The van der Waals surface area contributed by atoms with Crippen LogP contribution in [0.4, 0.5) is 0 Å². The zero-order valence-electron chi connectivity index (χ0n) is 9.85. The van der Waals surface area contributed by atoms with E-state index in [0.29, 0.717) is 6.61 Å². The van der Waals surface area contributed by atoms with E-state index in [1.165, 1.54) is 0 Å². The molecule has 1 aliphatic rings. The molecule has 4 heteroatoms. The molecule has 0 unspecified atom stereocenters. The van der Waals surface area contributed by atoms with E-state index < -0.39 is 0 Å². The summed E-state index contributed by atoms with van der Waals surface area (Å²) in [5.74, 6) is 1.14. The van der Waals surface area contributed by atoms with Crippen molar-refractivity contribution < 1.29 is 9.53 Å². The van der Waals surface area contributed by atoms with Gasteiger partial charge in [0.15, 0.2) is 0 Å². The van der Waals surface area contributed by atoms with Crippen molar-refractivity contribution in [3.8, 4) is 5.75 Å². The highest BCUT2D eigenvalue weighted by atomic mass is 32.1. The summed E-state index contributed by atoms with van der Waals surface area (Å²) < 4.78 is 5.64. The average molecular weight is 251 g/mol. The van der Waals surface area contributed by atoms with E-state index in [2.05, 4.69) is 17.9 Å². The molecule has 0 saturated carbocycles. The second kappa shape index (κ2) is 5.45. The van der Waals surface area contributed by atoms with Gasteiger partial charge in [0.25, 0.3) is 0 Å². The van der Waals surface area contributed by atoms with Crippen molar-refractivity contribution >= 4 is 18.5 Å². The maximum Gasteiger partial charge on any atom is 0.225 e. The number of rotatable bonds is 5. The maximum absolute atomic E-state index is 11.2. The number of benzene rings is 1. The third-order valence-electron chi connectivity index (χ3n) is 3.14. The Morgan fingerprint density at radius 2 is 2.18 bits per heavy atom. The minimum Gasteiger partial charge on any atom is -0.492 e. The molecule has 0 bridgehead atoms. The van der Waals surface area contributed by atoms with Gasteiger partial charge in [0, 0.05) is 17.4 Å². The predicted octanol–water partition coefficient (Wildman–Crippen LogP) is 2.27. The molecule has 0 aliphatic carbocycles. The van der Waals surface area contributed by atoms with Crippen LogP contribution in [0.2, 0.25) is 0 Å². The first-order valence-corrected chi connectivity index (χ1v) is 6.38. The van der Waals surface area contributed by atoms with Gasteiger partial charge in [0.05, 0.1) is 12.5 Å². The van der Waals surface area contributed by atoms with Crippen molar-refractivity contribution in [2.45, 2.75) is 30.7 Å². The molecule has 1 aromatic rings. The maximum atomic E-state index is 11.2. The molecule has 1 N–H and O–H groups in total. The van der Waals surface area contributed by atoms with Gasteiger partial charge >= 0.3 is 0 Å². The Kier molecular flexibility index (Phi) is 3.94. The van der Waals surface area contributed by atoms with Crippen molar-refractivity contribution in [1.29, 1.82) is 0 Å². The van der Waals surface area contributed by atoms with Crippen LogP contribution in [0.25, 0.3) is 0 Å². The van der Waals surface area contributed by atoms with Crippen molar-refractivity contribution in [2.75, 3.05) is 6.61 Å². The third-order valence-corrected chi connectivity index (χ3v) is 3.51. The van der Waals surface area contributed by atoms with E-state index in [9.17, 15) is 4.79 Å². The highest BCUT2D eigenvalue weighted by Gasteiger charge is 2.36. The predicted molar refractivity (Wildman–Crippen MR) is 69.5 cm³/mol. The lowest BCUT2D eigenvalue weighted by atomic mass is 9.86. The molecule has 1 fully saturated rings. The molecule has 2 atom stereocenters. The molecule has 1 heterocycles. The first kappa shape index (κ1) is 12.3. The number of hydrogen-bond donors (Lipinski definition) is 2. The molecule has 0 aromatic heterocycles. The minimum atomic E-state index is 0.171. The largest absolute Gasteiger partial charge is 0.492 e. The topological polar surface area (TPSA) is 38.3 Å². The lowest BCUT2D eigenvalue weighted by Gasteiger charge is -2.36. The highest BCUT2D eigenvalue weighted by Crippen LogP contribution is 2.24. The second-order valence-electron chi connectivity index (χ2n) is 4.23. The molecule has 17 heavy (non-hydrogen) atoms. The van der Waals surface area contributed by atoms with Crippen molar-refractivity contribution in [3.63, 3.8) is 0 Å². The van der Waals surface area contributed by atoms with Crippen LogP contribution in [0.15, 0.2) is 29.2 Å². The van der Waals surface area contributed by atoms with Gasteiger partial charge in [-0.15, -0.1) is 12.6 Å². The highest BCUT2D eigenvalue weighted by molar-refractivity contribution is 7.80. The molecule has 1 aliphatic heterocycles. The van der Waals surface area contributed by atoms with Gasteiger partial charge in [0.2, 0.25) is 5.91 Å². The van der Waals surface area contributed by atoms with Crippen LogP contribution in [0.5, 0.6) is 5.75 Å². The lowest BCUT2D eigenvalue weighted by Crippen LogP contribution is -2.58. The molecule has 1 amide bonds. The van der Waals surface area contributed by atoms with E-state index in [1.54, 1.807) is 0 Å². The van der Waals surface area contributed by atoms with Gasteiger partial charge in [-0.05, 0) is 18.6 Å². The van der Waals surface area contributed by atoms with E-state index in [-0.39, 0.29) is 17.9 Å². The van der Waals surface area contributed by atoms with E-state index in [0.717, 1.165) is 23.5 Å². The van der Waals surface area contributed by atoms with Gasteiger partial charge in [0.1, 0.15) is 5.75 Å². The summed E-state index contributed by atoms with van der Waals surface area (Å²) in [7, 11) is 0. The molecule has 0 radical (unpaired) electrons. The van der Waals surface area contributed by atoms with Gasteiger partial charge in [-0.1, -0.05) is 19.1 Å². The Balaban J connectivity index is 1.77. The fourth-order valence-corrected chi connectivity index (χ4v) is 2.32. The Bertz CT molecular complexity index is 408. The van der Waals surface area contributed by atoms with Crippen LogP contribution in [0.3, 0.4) is 0 Å². The molecule has 92 valence electrons. The zero-order chi connectivity index (χ0) is 12.3. The zero-order valence-corrected chi connectivity index (χ0v) is 10.7. The molecule has 0 spiro atoms. The van der Waals surface area contributed by atoms with Gasteiger partial charge in [-0.2, -0.15) is 0 Å².